The molecule has 1 aliphatic rings. The third-order valence-electron chi connectivity index (χ3n) is 2.86. The van der Waals surface area contributed by atoms with Crippen molar-refractivity contribution >= 4 is 11.9 Å². The number of likely N-dealkylation sites (tertiary alicyclic amines) is 1. The quantitative estimate of drug-likeness (QED) is 0.787. The van der Waals surface area contributed by atoms with E-state index in [0.717, 1.165) is 11.3 Å². The van der Waals surface area contributed by atoms with Crippen molar-refractivity contribution < 1.29 is 19.4 Å². The van der Waals surface area contributed by atoms with Crippen LogP contribution in [0.4, 0.5) is 0 Å². The van der Waals surface area contributed by atoms with Crippen LogP contribution in [0.3, 0.4) is 0 Å². The molecule has 0 spiro atoms. The molecule has 1 unspecified atom stereocenters. The lowest BCUT2D eigenvalue weighted by Gasteiger charge is -2.37. The summed E-state index contributed by atoms with van der Waals surface area (Å²) in [4.78, 5) is 23.5. The Morgan fingerprint density at radius 3 is 2.59 bits per heavy atom. The first-order valence-electron chi connectivity index (χ1n) is 5.27. The van der Waals surface area contributed by atoms with Gasteiger partial charge in [0, 0.05) is 6.54 Å². The maximum Gasteiger partial charge on any atom is 0.326 e. The number of hydrogen-bond acceptors (Lipinski definition) is 3. The molecule has 5 heteroatoms. The van der Waals surface area contributed by atoms with E-state index in [0.29, 0.717) is 6.54 Å². The van der Waals surface area contributed by atoms with Crippen molar-refractivity contribution in [1.29, 1.82) is 0 Å². The molecule has 1 N–H and O–H groups in total. The summed E-state index contributed by atoms with van der Waals surface area (Å²) in [6.45, 7) is 0.333. The van der Waals surface area contributed by atoms with Gasteiger partial charge in [-0.3, -0.25) is 4.79 Å². The zero-order valence-electron chi connectivity index (χ0n) is 9.42. The van der Waals surface area contributed by atoms with Crippen LogP contribution in [0.5, 0.6) is 5.75 Å². The van der Waals surface area contributed by atoms with Gasteiger partial charge in [-0.2, -0.15) is 0 Å². The fourth-order valence-electron chi connectivity index (χ4n) is 1.80. The van der Waals surface area contributed by atoms with Gasteiger partial charge in [0.05, 0.1) is 13.5 Å². The molecule has 90 valence electrons. The molecule has 1 aromatic carbocycles. The average Bonchev–Trinajstić information content (AvgIpc) is 2.33. The number of carboxylic acids is 1. The lowest BCUT2D eigenvalue weighted by Crippen LogP contribution is -2.55. The number of benzene rings is 1. The first-order valence-corrected chi connectivity index (χ1v) is 5.27. The van der Waals surface area contributed by atoms with Crippen molar-refractivity contribution in [2.75, 3.05) is 7.11 Å². The number of amides is 1. The molecule has 0 aromatic heterocycles. The van der Waals surface area contributed by atoms with E-state index in [1.54, 1.807) is 19.2 Å². The molecule has 17 heavy (non-hydrogen) atoms. The normalized spacial score (nSPS) is 18.8. The number of methoxy groups -OCH3 is 1. The van der Waals surface area contributed by atoms with Crippen molar-refractivity contribution in [2.45, 2.75) is 19.0 Å². The molecule has 0 aliphatic carbocycles. The van der Waals surface area contributed by atoms with Gasteiger partial charge in [0.2, 0.25) is 5.91 Å². The molecule has 0 saturated carbocycles. The smallest absolute Gasteiger partial charge is 0.326 e. The van der Waals surface area contributed by atoms with Crippen molar-refractivity contribution in [3.63, 3.8) is 0 Å². The lowest BCUT2D eigenvalue weighted by atomic mass is 10.0. The van der Waals surface area contributed by atoms with Crippen LogP contribution >= 0.6 is 0 Å². The van der Waals surface area contributed by atoms with E-state index in [-0.39, 0.29) is 12.3 Å². The summed E-state index contributed by atoms with van der Waals surface area (Å²) in [6.07, 6.45) is 0.103. The molecule has 1 atom stereocenters. The predicted octanol–water partition coefficient (Wildman–Crippen LogP) is 0.881. The summed E-state index contributed by atoms with van der Waals surface area (Å²) in [5.41, 5.74) is 0.894. The standard InChI is InChI=1S/C12H13NO4/c1-17-9-4-2-8(3-5-9)7-13-10(12(15)16)6-11(13)14/h2-5,10H,6-7H2,1H3,(H,15,16). The van der Waals surface area contributed by atoms with Crippen molar-refractivity contribution in [2.24, 2.45) is 0 Å². The van der Waals surface area contributed by atoms with Crippen LogP contribution in [-0.4, -0.2) is 35.0 Å². The van der Waals surface area contributed by atoms with Crippen LogP contribution in [0.25, 0.3) is 0 Å². The van der Waals surface area contributed by atoms with Gasteiger partial charge >= 0.3 is 5.97 Å². The Morgan fingerprint density at radius 2 is 2.12 bits per heavy atom. The number of β-lactam (4-membered cyclic amide) rings is 1. The number of aliphatic carboxylic acids is 1. The molecule has 2 rings (SSSR count). The summed E-state index contributed by atoms with van der Waals surface area (Å²) >= 11 is 0. The second kappa shape index (κ2) is 4.45. The average molecular weight is 235 g/mol. The highest BCUT2D eigenvalue weighted by Crippen LogP contribution is 2.23. The Bertz CT molecular complexity index is 440. The topological polar surface area (TPSA) is 66.8 Å². The Hall–Kier alpha value is -2.04. The van der Waals surface area contributed by atoms with E-state index in [4.69, 9.17) is 9.84 Å². The highest BCUT2D eigenvalue weighted by atomic mass is 16.5. The first kappa shape index (κ1) is 11.4. The molecular weight excluding hydrogens is 222 g/mol. The lowest BCUT2D eigenvalue weighted by molar-refractivity contribution is -0.162. The molecule has 1 saturated heterocycles. The number of ether oxygens (including phenoxy) is 1. The van der Waals surface area contributed by atoms with E-state index >= 15 is 0 Å². The van der Waals surface area contributed by atoms with Gasteiger partial charge in [-0.05, 0) is 17.7 Å². The molecule has 1 aliphatic heterocycles. The molecule has 0 bridgehead atoms. The van der Waals surface area contributed by atoms with Crippen molar-refractivity contribution in [3.05, 3.63) is 29.8 Å². The highest BCUT2D eigenvalue weighted by molar-refractivity contribution is 5.94. The third-order valence-corrected chi connectivity index (χ3v) is 2.86. The fourth-order valence-corrected chi connectivity index (χ4v) is 1.80. The number of rotatable bonds is 4. The first-order chi connectivity index (χ1) is 8.11. The van der Waals surface area contributed by atoms with E-state index in [2.05, 4.69) is 0 Å². The number of carbonyl (C=O) groups excluding carboxylic acids is 1. The summed E-state index contributed by atoms with van der Waals surface area (Å²) in [7, 11) is 1.58. The minimum atomic E-state index is -0.946. The number of hydrogen-bond donors (Lipinski definition) is 1. The predicted molar refractivity (Wildman–Crippen MR) is 59.6 cm³/mol. The minimum Gasteiger partial charge on any atom is -0.497 e. The Labute approximate surface area is 98.6 Å². The zero-order chi connectivity index (χ0) is 12.4. The highest BCUT2D eigenvalue weighted by Gasteiger charge is 2.40. The van der Waals surface area contributed by atoms with Gasteiger partial charge in [0.25, 0.3) is 0 Å². The summed E-state index contributed by atoms with van der Waals surface area (Å²) in [5.74, 6) is -0.329. The largest absolute Gasteiger partial charge is 0.497 e. The minimum absolute atomic E-state index is 0.103. The summed E-state index contributed by atoms with van der Waals surface area (Å²) < 4.78 is 5.02. The monoisotopic (exact) mass is 235 g/mol. The van der Waals surface area contributed by atoms with Gasteiger partial charge in [-0.15, -0.1) is 0 Å². The second-order valence-electron chi connectivity index (χ2n) is 3.93. The Morgan fingerprint density at radius 1 is 1.47 bits per heavy atom. The molecular formula is C12H13NO4. The van der Waals surface area contributed by atoms with E-state index in [1.807, 2.05) is 12.1 Å². The Kier molecular flexibility index (Phi) is 2.99. The summed E-state index contributed by atoms with van der Waals surface area (Å²) in [5, 5.41) is 8.87. The number of carbonyl (C=O) groups is 2. The maximum atomic E-state index is 11.3. The number of nitrogens with zero attached hydrogens (tertiary/aromatic N) is 1. The van der Waals surface area contributed by atoms with Crippen LogP contribution in [0.2, 0.25) is 0 Å². The molecule has 1 heterocycles. The Balaban J connectivity index is 2.04. The van der Waals surface area contributed by atoms with Gasteiger partial charge < -0.3 is 14.7 Å². The van der Waals surface area contributed by atoms with Gasteiger partial charge in [0.1, 0.15) is 11.8 Å². The van der Waals surface area contributed by atoms with Crippen molar-refractivity contribution in [1.82, 2.24) is 4.90 Å². The maximum absolute atomic E-state index is 11.3. The molecule has 1 amide bonds. The molecule has 1 fully saturated rings. The molecule has 0 radical (unpaired) electrons. The summed E-state index contributed by atoms with van der Waals surface area (Å²) in [6, 6.07) is 6.54. The molecule has 5 nitrogen and oxygen atoms in total. The van der Waals surface area contributed by atoms with E-state index < -0.39 is 12.0 Å². The van der Waals surface area contributed by atoms with Crippen molar-refractivity contribution in [3.8, 4) is 5.75 Å². The zero-order valence-corrected chi connectivity index (χ0v) is 9.42. The van der Waals surface area contributed by atoms with Crippen LogP contribution in [0, 0.1) is 0 Å². The third kappa shape index (κ3) is 2.22. The van der Waals surface area contributed by atoms with Gasteiger partial charge in [-0.25, -0.2) is 4.79 Å². The van der Waals surface area contributed by atoms with Gasteiger partial charge in [-0.1, -0.05) is 12.1 Å². The number of carboxylic acid groups (broad SMARTS) is 1. The second-order valence-corrected chi connectivity index (χ2v) is 3.93. The van der Waals surface area contributed by atoms with Crippen LogP contribution in [0.1, 0.15) is 12.0 Å². The van der Waals surface area contributed by atoms with Crippen LogP contribution in [-0.2, 0) is 16.1 Å². The van der Waals surface area contributed by atoms with E-state index in [1.165, 1.54) is 4.90 Å². The van der Waals surface area contributed by atoms with E-state index in [9.17, 15) is 9.59 Å². The van der Waals surface area contributed by atoms with Crippen LogP contribution < -0.4 is 4.74 Å². The van der Waals surface area contributed by atoms with Gasteiger partial charge in [0.15, 0.2) is 0 Å². The fraction of sp³-hybridized carbons (Fsp3) is 0.333. The molecule has 1 aromatic rings. The van der Waals surface area contributed by atoms with Crippen LogP contribution in [0.15, 0.2) is 24.3 Å². The SMILES string of the molecule is COc1ccc(CN2C(=O)CC2C(=O)O)cc1.